The summed E-state index contributed by atoms with van der Waals surface area (Å²) >= 11 is 0. The lowest BCUT2D eigenvalue weighted by Gasteiger charge is -2.24. The maximum atomic E-state index is 12.6. The number of anilines is 3. The van der Waals surface area contributed by atoms with E-state index in [-0.39, 0.29) is 45.9 Å². The fourth-order valence-corrected chi connectivity index (χ4v) is 3.83. The molecular weight excluding hydrogens is 572 g/mol. The molecule has 0 radical (unpaired) electrons. The number of esters is 2. The molecule has 2 aromatic rings. The Morgan fingerprint density at radius 2 is 1.45 bits per heavy atom. The van der Waals surface area contributed by atoms with E-state index in [0.717, 1.165) is 5.69 Å². The Morgan fingerprint density at radius 3 is 2.05 bits per heavy atom. The van der Waals surface area contributed by atoms with Crippen LogP contribution < -0.4 is 20.4 Å². The minimum absolute atomic E-state index is 0.0202. The summed E-state index contributed by atoms with van der Waals surface area (Å²) in [6.07, 6.45) is 2.07. The van der Waals surface area contributed by atoms with Gasteiger partial charge < -0.3 is 40.0 Å². The molecule has 1 atom stereocenters. The van der Waals surface area contributed by atoms with Crippen molar-refractivity contribution < 1.29 is 43.6 Å². The number of rotatable bonds is 18. The van der Waals surface area contributed by atoms with Crippen molar-refractivity contribution in [1.82, 2.24) is 5.32 Å². The highest BCUT2D eigenvalue weighted by molar-refractivity contribution is 5.92. The zero-order chi connectivity index (χ0) is 32.3. The molecule has 4 N–H and O–H groups in total. The van der Waals surface area contributed by atoms with E-state index in [9.17, 15) is 29.4 Å². The van der Waals surface area contributed by atoms with E-state index in [4.69, 9.17) is 14.2 Å². The van der Waals surface area contributed by atoms with Crippen molar-refractivity contribution in [2.45, 2.75) is 25.5 Å². The Balaban J connectivity index is 1.90. The van der Waals surface area contributed by atoms with Gasteiger partial charge in [-0.15, -0.1) is 0 Å². The number of aliphatic hydroxyl groups excluding tert-OH is 2. The first-order chi connectivity index (χ1) is 21.2. The molecule has 0 aliphatic heterocycles. The number of benzene rings is 2. The largest absolute Gasteiger partial charge is 0.461 e. The maximum absolute atomic E-state index is 12.6. The quantitative estimate of drug-likeness (QED) is 0.112. The van der Waals surface area contributed by atoms with Gasteiger partial charge in [0.2, 0.25) is 0 Å². The van der Waals surface area contributed by atoms with Crippen LogP contribution in [0.4, 0.5) is 26.7 Å². The minimum Gasteiger partial charge on any atom is -0.461 e. The topological polar surface area (TPSA) is 167 Å². The molecule has 0 aliphatic carbocycles. The summed E-state index contributed by atoms with van der Waals surface area (Å²) in [7, 11) is 1.58. The Kier molecular flexibility index (Phi) is 15.5. The molecule has 13 heteroatoms. The zero-order valence-electron chi connectivity index (χ0n) is 24.8. The number of carbonyl (C=O) groups excluding carboxylic acids is 4. The van der Waals surface area contributed by atoms with Crippen molar-refractivity contribution in [2.75, 3.05) is 61.7 Å². The number of ether oxygens (including phenoxy) is 3. The van der Waals surface area contributed by atoms with Crippen molar-refractivity contribution in [3.05, 3.63) is 79.4 Å². The molecule has 13 nitrogen and oxygen atoms in total. The lowest BCUT2D eigenvalue weighted by atomic mass is 10.1. The smallest absolute Gasteiger partial charge is 0.414 e. The van der Waals surface area contributed by atoms with Crippen LogP contribution in [0.1, 0.15) is 18.4 Å². The van der Waals surface area contributed by atoms with Crippen molar-refractivity contribution >= 4 is 41.1 Å². The Hall–Kier alpha value is -4.88. The summed E-state index contributed by atoms with van der Waals surface area (Å²) in [6, 6.07) is 11.8. The van der Waals surface area contributed by atoms with Crippen LogP contribution in [-0.4, -0.2) is 86.9 Å². The third-order valence-corrected chi connectivity index (χ3v) is 6.12. The molecule has 3 amide bonds. The van der Waals surface area contributed by atoms with Gasteiger partial charge in [0.25, 0.3) is 0 Å². The third kappa shape index (κ3) is 12.2. The Morgan fingerprint density at radius 1 is 0.864 bits per heavy atom. The molecule has 0 saturated carbocycles. The lowest BCUT2D eigenvalue weighted by molar-refractivity contribution is -0.146. The number of urea groups is 1. The molecule has 0 fully saturated rings. The van der Waals surface area contributed by atoms with Gasteiger partial charge in [0.05, 0.1) is 13.2 Å². The van der Waals surface area contributed by atoms with Gasteiger partial charge in [-0.2, -0.15) is 0 Å². The monoisotopic (exact) mass is 612 g/mol. The second-order valence-corrected chi connectivity index (χ2v) is 9.34. The van der Waals surface area contributed by atoms with Gasteiger partial charge in [-0.25, -0.2) is 14.4 Å². The summed E-state index contributed by atoms with van der Waals surface area (Å²) in [5.41, 5.74) is 2.47. The zero-order valence-corrected chi connectivity index (χ0v) is 24.8. The molecule has 0 saturated heterocycles. The van der Waals surface area contributed by atoms with Crippen LogP contribution in [0.15, 0.2) is 73.8 Å². The molecule has 0 heterocycles. The first kappa shape index (κ1) is 35.3. The average Bonchev–Trinajstić information content (AvgIpc) is 3.03. The molecule has 0 aromatic heterocycles. The highest BCUT2D eigenvalue weighted by atomic mass is 16.6. The Labute approximate surface area is 256 Å². The van der Waals surface area contributed by atoms with Gasteiger partial charge in [-0.3, -0.25) is 9.69 Å². The number of hydrogen-bond acceptors (Lipinski definition) is 10. The third-order valence-electron chi connectivity index (χ3n) is 6.12. The van der Waals surface area contributed by atoms with Crippen LogP contribution in [-0.2, 0) is 30.4 Å². The number of aliphatic hydroxyl groups is 2. The summed E-state index contributed by atoms with van der Waals surface area (Å²) in [4.78, 5) is 52.5. The van der Waals surface area contributed by atoms with E-state index in [1.54, 1.807) is 55.6 Å². The van der Waals surface area contributed by atoms with E-state index in [0.29, 0.717) is 30.0 Å². The van der Waals surface area contributed by atoms with E-state index in [1.165, 1.54) is 17.1 Å². The van der Waals surface area contributed by atoms with Crippen LogP contribution in [0, 0.1) is 0 Å². The fraction of sp³-hybridized carbons (Fsp3) is 0.355. The number of carbonyl (C=O) groups is 4. The molecule has 0 spiro atoms. The van der Waals surface area contributed by atoms with Crippen LogP contribution in [0.2, 0.25) is 0 Å². The maximum Gasteiger partial charge on any atom is 0.414 e. The Bertz CT molecular complexity index is 1230. The summed E-state index contributed by atoms with van der Waals surface area (Å²) in [5, 5.41) is 23.6. The van der Waals surface area contributed by atoms with E-state index >= 15 is 0 Å². The minimum atomic E-state index is -1.10. The molecule has 238 valence electrons. The van der Waals surface area contributed by atoms with Crippen molar-refractivity contribution in [2.24, 2.45) is 0 Å². The number of nitrogens with one attached hydrogen (secondary N) is 2. The number of hydrogen-bond donors (Lipinski definition) is 4. The van der Waals surface area contributed by atoms with E-state index < -0.39 is 30.1 Å². The molecular formula is C31H40N4O9. The molecule has 44 heavy (non-hydrogen) atoms. The average molecular weight is 613 g/mol. The van der Waals surface area contributed by atoms with Crippen LogP contribution in [0.5, 0.6) is 0 Å². The predicted octanol–water partition coefficient (Wildman–Crippen LogP) is 2.98. The second-order valence-electron chi connectivity index (χ2n) is 9.34. The highest BCUT2D eigenvalue weighted by Gasteiger charge is 2.23. The van der Waals surface area contributed by atoms with Gasteiger partial charge in [-0.05, 0) is 48.4 Å². The van der Waals surface area contributed by atoms with Crippen LogP contribution in [0.25, 0.3) is 0 Å². The SMILES string of the molecule is C=CCOC(=O)CC[C@H](NC(=O)Nc1ccc(COC(=O)N(C)c2ccc(N(CCO)CCO)cc2)cc1)C(=O)OCC=C. The van der Waals surface area contributed by atoms with Gasteiger partial charge in [0.1, 0.15) is 25.9 Å². The summed E-state index contributed by atoms with van der Waals surface area (Å²) in [5.74, 6) is -1.27. The van der Waals surface area contributed by atoms with Crippen molar-refractivity contribution in [1.29, 1.82) is 0 Å². The highest BCUT2D eigenvalue weighted by Crippen LogP contribution is 2.21. The molecule has 0 unspecified atom stereocenters. The molecule has 0 aliphatic rings. The summed E-state index contributed by atoms with van der Waals surface area (Å²) in [6.45, 7) is 7.55. The predicted molar refractivity (Wildman–Crippen MR) is 165 cm³/mol. The number of amides is 3. The lowest BCUT2D eigenvalue weighted by Crippen LogP contribution is -2.44. The van der Waals surface area contributed by atoms with Gasteiger partial charge in [0, 0.05) is 43.6 Å². The fourth-order valence-electron chi connectivity index (χ4n) is 3.83. The van der Waals surface area contributed by atoms with Crippen LogP contribution >= 0.6 is 0 Å². The molecule has 2 aromatic carbocycles. The first-order valence-electron chi connectivity index (χ1n) is 13.9. The van der Waals surface area contributed by atoms with Gasteiger partial charge in [0.15, 0.2) is 0 Å². The number of nitrogens with zero attached hydrogens (tertiary/aromatic N) is 2. The standard InChI is InChI=1S/C31H40N4O9/c1-4-20-42-28(38)15-14-27(29(39)43-21-5-2)33-30(40)32-24-8-6-23(7-9-24)22-44-31(41)34(3)25-10-12-26(13-11-25)35(16-18-36)17-19-37/h4-13,27,36-37H,1-2,14-22H2,3H3,(H2,32,33,40)/t27-/m0/s1. The van der Waals surface area contributed by atoms with E-state index in [2.05, 4.69) is 23.8 Å². The normalized spacial score (nSPS) is 11.0. The molecule has 0 bridgehead atoms. The first-order valence-corrected chi connectivity index (χ1v) is 13.9. The molecule has 2 rings (SSSR count). The van der Waals surface area contributed by atoms with Crippen LogP contribution in [0.3, 0.4) is 0 Å². The van der Waals surface area contributed by atoms with Crippen molar-refractivity contribution in [3.8, 4) is 0 Å². The van der Waals surface area contributed by atoms with Gasteiger partial charge >= 0.3 is 24.1 Å². The van der Waals surface area contributed by atoms with E-state index in [1.807, 2.05) is 4.90 Å². The summed E-state index contributed by atoms with van der Waals surface area (Å²) < 4.78 is 15.3. The van der Waals surface area contributed by atoms with Gasteiger partial charge in [-0.1, -0.05) is 37.4 Å². The second kappa shape index (κ2) is 19.3. The van der Waals surface area contributed by atoms with Crippen molar-refractivity contribution in [3.63, 3.8) is 0 Å².